The Morgan fingerprint density at radius 3 is 2.39 bits per heavy atom. The van der Waals surface area contributed by atoms with Crippen LogP contribution >= 0.6 is 0 Å². The van der Waals surface area contributed by atoms with Crippen molar-refractivity contribution in [2.75, 3.05) is 11.1 Å². The van der Waals surface area contributed by atoms with Crippen LogP contribution < -0.4 is 5.32 Å². The van der Waals surface area contributed by atoms with Gasteiger partial charge in [0.1, 0.15) is 11.3 Å². The molecule has 212 valence electrons. The fourth-order valence-electron chi connectivity index (χ4n) is 4.47. The van der Waals surface area contributed by atoms with Crippen LogP contribution in [0.1, 0.15) is 42.1 Å². The molecule has 0 bridgehead atoms. The van der Waals surface area contributed by atoms with Crippen molar-refractivity contribution in [3.05, 3.63) is 114 Å². The summed E-state index contributed by atoms with van der Waals surface area (Å²) in [5, 5.41) is 4.06. The van der Waals surface area contributed by atoms with Crippen molar-refractivity contribution in [2.24, 2.45) is 5.92 Å². The first-order chi connectivity index (χ1) is 19.7. The fourth-order valence-corrected chi connectivity index (χ4v) is 4.98. The number of amides is 1. The summed E-state index contributed by atoms with van der Waals surface area (Å²) in [4.78, 5) is 25.7. The highest BCUT2D eigenvalue weighted by molar-refractivity contribution is 7.85. The van der Waals surface area contributed by atoms with Gasteiger partial charge in [-0.1, -0.05) is 66.8 Å². The topological polar surface area (TPSA) is 114 Å². The van der Waals surface area contributed by atoms with Gasteiger partial charge in [0.25, 0.3) is 10.1 Å². The predicted octanol–water partition coefficient (Wildman–Crippen LogP) is 7.27. The molecule has 8 heteroatoms. The fraction of sp³-hybridized carbons (Fsp3) is 0.212. The molecule has 0 saturated heterocycles. The van der Waals surface area contributed by atoms with Crippen molar-refractivity contribution in [1.82, 2.24) is 0 Å². The number of carbonyl (C=O) groups is 2. The number of hydrogen-bond acceptors (Lipinski definition) is 5. The van der Waals surface area contributed by atoms with Gasteiger partial charge in [-0.3, -0.25) is 14.1 Å². The first kappa shape index (κ1) is 29.7. The van der Waals surface area contributed by atoms with Crippen LogP contribution in [-0.4, -0.2) is 30.4 Å². The van der Waals surface area contributed by atoms with Crippen LogP contribution in [0.15, 0.2) is 108 Å². The maximum absolute atomic E-state index is 13.3. The van der Waals surface area contributed by atoms with Crippen molar-refractivity contribution in [1.29, 1.82) is 0 Å². The summed E-state index contributed by atoms with van der Waals surface area (Å²) in [5.74, 6) is -0.345. The summed E-state index contributed by atoms with van der Waals surface area (Å²) < 4.78 is 36.6. The summed E-state index contributed by atoms with van der Waals surface area (Å²) in [5.41, 5.74) is 3.78. The number of fused-ring (bicyclic) bond motifs is 1. The molecule has 1 heterocycles. The Morgan fingerprint density at radius 1 is 0.976 bits per heavy atom. The molecule has 0 radical (unpaired) electrons. The lowest BCUT2D eigenvalue weighted by molar-refractivity contribution is -0.119. The van der Waals surface area contributed by atoms with Crippen molar-refractivity contribution < 1.29 is 27.0 Å². The minimum atomic E-state index is -4.09. The molecule has 0 aliphatic rings. The highest BCUT2D eigenvalue weighted by atomic mass is 32.2. The smallest absolute Gasteiger partial charge is 0.264 e. The highest BCUT2D eigenvalue weighted by Crippen LogP contribution is 2.29. The number of furan rings is 1. The minimum Gasteiger partial charge on any atom is -0.456 e. The Labute approximate surface area is 240 Å². The van der Waals surface area contributed by atoms with Crippen LogP contribution in [0.25, 0.3) is 22.3 Å². The van der Waals surface area contributed by atoms with Crippen LogP contribution in [0.2, 0.25) is 0 Å². The van der Waals surface area contributed by atoms with Gasteiger partial charge < -0.3 is 9.73 Å². The van der Waals surface area contributed by atoms with E-state index in [0.717, 1.165) is 27.9 Å². The molecule has 0 aliphatic carbocycles. The van der Waals surface area contributed by atoms with Gasteiger partial charge in [-0.15, -0.1) is 0 Å². The maximum atomic E-state index is 13.3. The summed E-state index contributed by atoms with van der Waals surface area (Å²) in [6.45, 7) is 1.93. The molecule has 0 fully saturated rings. The van der Waals surface area contributed by atoms with Crippen LogP contribution in [0.5, 0.6) is 0 Å². The van der Waals surface area contributed by atoms with Gasteiger partial charge >= 0.3 is 0 Å². The second kappa shape index (κ2) is 13.9. The van der Waals surface area contributed by atoms with Crippen molar-refractivity contribution in [3.63, 3.8) is 0 Å². The number of carbonyl (C=O) groups excluding carboxylic acids is 2. The molecule has 7 nitrogen and oxygen atoms in total. The molecule has 1 amide bonds. The third-order valence-electron chi connectivity index (χ3n) is 6.66. The van der Waals surface area contributed by atoms with Crippen molar-refractivity contribution in [3.8, 4) is 11.3 Å². The lowest BCUT2D eigenvalue weighted by atomic mass is 9.93. The monoisotopic (exact) mass is 571 g/mol. The van der Waals surface area contributed by atoms with E-state index in [1.807, 2.05) is 98.0 Å². The van der Waals surface area contributed by atoms with Gasteiger partial charge in [0, 0.05) is 34.5 Å². The quantitative estimate of drug-likeness (QED) is 0.0991. The van der Waals surface area contributed by atoms with E-state index in [2.05, 4.69) is 5.32 Å². The molecule has 2 N–H and O–H groups in total. The van der Waals surface area contributed by atoms with Crippen LogP contribution in [0.4, 0.5) is 5.69 Å². The molecule has 41 heavy (non-hydrogen) atoms. The third-order valence-corrected chi connectivity index (χ3v) is 7.46. The third kappa shape index (κ3) is 8.86. The molecule has 4 aromatic rings. The number of allylic oxidation sites excluding steroid dienone is 4. The van der Waals surface area contributed by atoms with E-state index in [0.29, 0.717) is 24.1 Å². The zero-order chi connectivity index (χ0) is 29.2. The molecule has 0 aliphatic heterocycles. The SMILES string of the molecule is C/C=C/C=C/CC(Cc1ccc(C(=O)CCCS(=O)(=O)O)cc1)C(=O)Nc1ccc(-c2cc3ccccc3o2)cc1. The van der Waals surface area contributed by atoms with Crippen LogP contribution in [0.3, 0.4) is 0 Å². The lowest BCUT2D eigenvalue weighted by Crippen LogP contribution is -2.24. The number of para-hydroxylation sites is 1. The summed E-state index contributed by atoms with van der Waals surface area (Å²) in [6, 6.07) is 24.4. The lowest BCUT2D eigenvalue weighted by Gasteiger charge is -2.16. The van der Waals surface area contributed by atoms with E-state index >= 15 is 0 Å². The summed E-state index contributed by atoms with van der Waals surface area (Å²) in [7, 11) is -4.09. The van der Waals surface area contributed by atoms with Gasteiger partial charge in [-0.25, -0.2) is 0 Å². The number of rotatable bonds is 13. The van der Waals surface area contributed by atoms with E-state index < -0.39 is 15.9 Å². The molecule has 1 atom stereocenters. The number of ketones is 1. The van der Waals surface area contributed by atoms with Gasteiger partial charge in [-0.2, -0.15) is 8.42 Å². The van der Waals surface area contributed by atoms with E-state index in [-0.39, 0.29) is 30.4 Å². The van der Waals surface area contributed by atoms with Gasteiger partial charge in [0.05, 0.1) is 5.75 Å². The first-order valence-electron chi connectivity index (χ1n) is 13.5. The predicted molar refractivity (Wildman–Crippen MR) is 162 cm³/mol. The zero-order valence-corrected chi connectivity index (χ0v) is 23.6. The maximum Gasteiger partial charge on any atom is 0.264 e. The first-order valence-corrected chi connectivity index (χ1v) is 15.1. The molecule has 1 aromatic heterocycles. The normalized spacial score (nSPS) is 12.7. The minimum absolute atomic E-state index is 0.0229. The number of hydrogen-bond donors (Lipinski definition) is 2. The Hall–Kier alpha value is -4.27. The van der Waals surface area contributed by atoms with E-state index in [9.17, 15) is 18.0 Å². The Balaban J connectivity index is 1.41. The number of anilines is 1. The highest BCUT2D eigenvalue weighted by Gasteiger charge is 2.19. The van der Waals surface area contributed by atoms with Gasteiger partial charge in [0.2, 0.25) is 5.91 Å². The molecule has 0 saturated carbocycles. The van der Waals surface area contributed by atoms with Crippen molar-refractivity contribution in [2.45, 2.75) is 32.6 Å². The Kier molecular flexibility index (Phi) is 10.1. The summed E-state index contributed by atoms with van der Waals surface area (Å²) >= 11 is 0. The molecule has 4 rings (SSSR count). The molecule has 1 unspecified atom stereocenters. The van der Waals surface area contributed by atoms with Gasteiger partial charge in [0.15, 0.2) is 5.78 Å². The van der Waals surface area contributed by atoms with Crippen LogP contribution in [-0.2, 0) is 21.3 Å². The number of benzene rings is 3. The average molecular weight is 572 g/mol. The number of Topliss-reactive ketones (excluding diaryl/α,β-unsaturated/α-hetero) is 1. The molecular weight excluding hydrogens is 538 g/mol. The molecule has 3 aromatic carbocycles. The Morgan fingerprint density at radius 2 is 1.71 bits per heavy atom. The average Bonchev–Trinajstić information content (AvgIpc) is 3.39. The zero-order valence-electron chi connectivity index (χ0n) is 22.8. The van der Waals surface area contributed by atoms with E-state index in [4.69, 9.17) is 8.97 Å². The Bertz CT molecular complexity index is 1620. The van der Waals surface area contributed by atoms with Crippen molar-refractivity contribution >= 4 is 38.5 Å². The standard InChI is InChI=1S/C33H33NO6S/c1-2-3-4-5-10-28(22-24-13-15-25(16-14-24)30(35)11-8-21-41(37,38)39)33(36)34-29-19-17-26(18-20-29)32-23-27-9-6-7-12-31(27)40-32/h2-7,9,12-20,23,28H,8,10-11,21-22H2,1H3,(H,34,36)(H,37,38,39)/b3-2+,5-4+. The van der Waals surface area contributed by atoms with E-state index in [1.54, 1.807) is 12.1 Å². The van der Waals surface area contributed by atoms with Gasteiger partial charge in [-0.05, 0) is 68.1 Å². The second-order valence-corrected chi connectivity index (χ2v) is 11.4. The van der Waals surface area contributed by atoms with E-state index in [1.165, 1.54) is 0 Å². The number of nitrogens with one attached hydrogen (secondary N) is 1. The largest absolute Gasteiger partial charge is 0.456 e. The molecular formula is C33H33NO6S. The van der Waals surface area contributed by atoms with Crippen LogP contribution in [0, 0.1) is 5.92 Å². The second-order valence-electron chi connectivity index (χ2n) is 9.82. The molecule has 0 spiro atoms. The summed E-state index contributed by atoms with van der Waals surface area (Å²) in [6.07, 6.45) is 8.78.